The number of carbonyl (C=O) groups is 2. The van der Waals surface area contributed by atoms with Gasteiger partial charge in [0.1, 0.15) is 5.01 Å². The van der Waals surface area contributed by atoms with Crippen molar-refractivity contribution in [2.75, 3.05) is 18.4 Å². The number of primary amides is 1. The van der Waals surface area contributed by atoms with Crippen LogP contribution in [-0.4, -0.2) is 40.1 Å². The molecule has 1 unspecified atom stereocenters. The summed E-state index contributed by atoms with van der Waals surface area (Å²) in [6.45, 7) is 0.934. The molecule has 3 N–H and O–H groups in total. The molecular formula is C14H21N5O2S. The molecule has 7 nitrogen and oxygen atoms in total. The summed E-state index contributed by atoms with van der Waals surface area (Å²) in [5.74, 6) is -0.0910. The molecule has 2 fully saturated rings. The molecule has 2 heterocycles. The highest BCUT2D eigenvalue weighted by Crippen LogP contribution is 2.35. The average Bonchev–Trinajstić information content (AvgIpc) is 3.17. The molecule has 0 bridgehead atoms. The van der Waals surface area contributed by atoms with Crippen LogP contribution in [0.15, 0.2) is 0 Å². The molecule has 0 aromatic carbocycles. The van der Waals surface area contributed by atoms with Crippen molar-refractivity contribution in [2.24, 2.45) is 11.7 Å². The molecule has 1 aliphatic heterocycles. The van der Waals surface area contributed by atoms with Gasteiger partial charge in [0.15, 0.2) is 0 Å². The Kier molecular flexibility index (Phi) is 4.56. The molecule has 1 aromatic heterocycles. The Morgan fingerprint density at radius 3 is 2.64 bits per heavy atom. The van der Waals surface area contributed by atoms with Gasteiger partial charge in [-0.2, -0.15) is 0 Å². The van der Waals surface area contributed by atoms with Crippen LogP contribution in [0.1, 0.15) is 49.5 Å². The lowest BCUT2D eigenvalue weighted by Gasteiger charge is -2.18. The van der Waals surface area contributed by atoms with Crippen LogP contribution in [0.2, 0.25) is 0 Å². The SMILES string of the molecule is NC(=O)C1CCN(C(=O)Nc2nnc(C3CCCCC3)s2)C1. The number of aromatic nitrogens is 2. The summed E-state index contributed by atoms with van der Waals surface area (Å²) in [5.41, 5.74) is 5.28. The second kappa shape index (κ2) is 6.60. The summed E-state index contributed by atoms with van der Waals surface area (Å²) in [4.78, 5) is 24.9. The first-order valence-corrected chi connectivity index (χ1v) is 8.64. The lowest BCUT2D eigenvalue weighted by atomic mass is 9.90. The normalized spacial score (nSPS) is 22.7. The minimum Gasteiger partial charge on any atom is -0.369 e. The summed E-state index contributed by atoms with van der Waals surface area (Å²) >= 11 is 1.46. The summed E-state index contributed by atoms with van der Waals surface area (Å²) < 4.78 is 0. The van der Waals surface area contributed by atoms with E-state index in [-0.39, 0.29) is 17.9 Å². The minimum absolute atomic E-state index is 0.227. The van der Waals surface area contributed by atoms with E-state index in [9.17, 15) is 9.59 Å². The largest absolute Gasteiger partial charge is 0.369 e. The standard InChI is InChI=1S/C14H21N5O2S/c15-11(20)10-6-7-19(8-10)14(21)16-13-18-17-12(22-13)9-4-2-1-3-5-9/h9-10H,1-8H2,(H2,15,20)(H,16,18,21). The first kappa shape index (κ1) is 15.2. The third-order valence-electron chi connectivity index (χ3n) is 4.49. The Labute approximate surface area is 133 Å². The number of nitrogens with two attached hydrogens (primary N) is 1. The minimum atomic E-state index is -0.342. The van der Waals surface area contributed by atoms with E-state index >= 15 is 0 Å². The zero-order valence-corrected chi connectivity index (χ0v) is 13.3. The maximum absolute atomic E-state index is 12.2. The molecule has 2 aliphatic rings. The van der Waals surface area contributed by atoms with E-state index in [1.807, 2.05) is 0 Å². The van der Waals surface area contributed by atoms with E-state index < -0.39 is 0 Å². The predicted molar refractivity (Wildman–Crippen MR) is 83.6 cm³/mol. The van der Waals surface area contributed by atoms with Crippen LogP contribution in [0.3, 0.4) is 0 Å². The number of nitrogens with one attached hydrogen (secondary N) is 1. The molecule has 1 aromatic rings. The predicted octanol–water partition coefficient (Wildman–Crippen LogP) is 1.92. The first-order valence-electron chi connectivity index (χ1n) is 7.82. The van der Waals surface area contributed by atoms with Gasteiger partial charge >= 0.3 is 6.03 Å². The maximum atomic E-state index is 12.2. The summed E-state index contributed by atoms with van der Waals surface area (Å²) in [5, 5.41) is 12.6. The quantitative estimate of drug-likeness (QED) is 0.887. The zero-order chi connectivity index (χ0) is 15.5. The molecule has 8 heteroatoms. The number of likely N-dealkylation sites (tertiary alicyclic amines) is 1. The number of anilines is 1. The number of amides is 3. The Morgan fingerprint density at radius 1 is 1.18 bits per heavy atom. The van der Waals surface area contributed by atoms with Crippen LogP contribution in [-0.2, 0) is 4.79 Å². The molecule has 1 aliphatic carbocycles. The smallest absolute Gasteiger partial charge is 0.323 e. The molecule has 0 spiro atoms. The number of carbonyl (C=O) groups excluding carboxylic acids is 2. The van der Waals surface area contributed by atoms with Gasteiger partial charge in [-0.25, -0.2) is 4.79 Å². The summed E-state index contributed by atoms with van der Waals surface area (Å²) in [6.07, 6.45) is 6.74. The second-order valence-corrected chi connectivity index (χ2v) is 7.05. The van der Waals surface area contributed by atoms with Crippen molar-refractivity contribution in [1.82, 2.24) is 15.1 Å². The van der Waals surface area contributed by atoms with Gasteiger partial charge in [0, 0.05) is 19.0 Å². The average molecular weight is 323 g/mol. The fourth-order valence-electron chi connectivity index (χ4n) is 3.15. The molecule has 1 saturated heterocycles. The third-order valence-corrected chi connectivity index (χ3v) is 5.49. The lowest BCUT2D eigenvalue weighted by Crippen LogP contribution is -2.34. The van der Waals surface area contributed by atoms with Gasteiger partial charge in [0.05, 0.1) is 5.92 Å². The molecule has 0 radical (unpaired) electrons. The van der Waals surface area contributed by atoms with Gasteiger partial charge in [0.25, 0.3) is 0 Å². The monoisotopic (exact) mass is 323 g/mol. The third kappa shape index (κ3) is 3.37. The number of hydrogen-bond acceptors (Lipinski definition) is 5. The van der Waals surface area contributed by atoms with Crippen LogP contribution in [0.25, 0.3) is 0 Å². The Balaban J connectivity index is 1.56. The maximum Gasteiger partial charge on any atom is 0.323 e. The van der Waals surface area contributed by atoms with E-state index in [2.05, 4.69) is 15.5 Å². The van der Waals surface area contributed by atoms with Crippen LogP contribution < -0.4 is 11.1 Å². The van der Waals surface area contributed by atoms with E-state index in [4.69, 9.17) is 5.73 Å². The van der Waals surface area contributed by atoms with Crippen LogP contribution in [0.5, 0.6) is 0 Å². The van der Waals surface area contributed by atoms with E-state index in [0.29, 0.717) is 30.6 Å². The number of urea groups is 1. The summed E-state index contributed by atoms with van der Waals surface area (Å²) in [6, 6.07) is -0.227. The van der Waals surface area contributed by atoms with Crippen LogP contribution in [0, 0.1) is 5.92 Å². The first-order chi connectivity index (χ1) is 10.6. The number of rotatable bonds is 3. The second-order valence-electron chi connectivity index (χ2n) is 6.04. The highest BCUT2D eigenvalue weighted by atomic mass is 32.1. The van der Waals surface area contributed by atoms with Crippen molar-refractivity contribution in [2.45, 2.75) is 44.4 Å². The number of nitrogens with zero attached hydrogens (tertiary/aromatic N) is 3. The van der Waals surface area contributed by atoms with Gasteiger partial charge < -0.3 is 10.6 Å². The van der Waals surface area contributed by atoms with Crippen molar-refractivity contribution in [3.63, 3.8) is 0 Å². The topological polar surface area (TPSA) is 101 Å². The lowest BCUT2D eigenvalue weighted by molar-refractivity contribution is -0.121. The molecular weight excluding hydrogens is 302 g/mol. The Morgan fingerprint density at radius 2 is 1.95 bits per heavy atom. The van der Waals surface area contributed by atoms with Crippen molar-refractivity contribution in [3.8, 4) is 0 Å². The van der Waals surface area contributed by atoms with Crippen LogP contribution >= 0.6 is 11.3 Å². The van der Waals surface area contributed by atoms with Gasteiger partial charge in [-0.05, 0) is 19.3 Å². The zero-order valence-electron chi connectivity index (χ0n) is 12.5. The van der Waals surface area contributed by atoms with Crippen molar-refractivity contribution in [1.29, 1.82) is 0 Å². The van der Waals surface area contributed by atoms with Crippen molar-refractivity contribution in [3.05, 3.63) is 5.01 Å². The molecule has 1 atom stereocenters. The van der Waals surface area contributed by atoms with Crippen LogP contribution in [0.4, 0.5) is 9.93 Å². The highest BCUT2D eigenvalue weighted by Gasteiger charge is 2.30. The van der Waals surface area contributed by atoms with Crippen molar-refractivity contribution >= 4 is 28.4 Å². The van der Waals surface area contributed by atoms with E-state index in [0.717, 1.165) is 17.8 Å². The molecule has 3 rings (SSSR count). The van der Waals surface area contributed by atoms with Gasteiger partial charge in [-0.15, -0.1) is 10.2 Å². The molecule has 120 valence electrons. The molecule has 3 amide bonds. The van der Waals surface area contributed by atoms with Gasteiger partial charge in [-0.1, -0.05) is 30.6 Å². The highest BCUT2D eigenvalue weighted by molar-refractivity contribution is 7.15. The van der Waals surface area contributed by atoms with Gasteiger partial charge in [0.2, 0.25) is 11.0 Å². The van der Waals surface area contributed by atoms with E-state index in [1.54, 1.807) is 4.90 Å². The van der Waals surface area contributed by atoms with E-state index in [1.165, 1.54) is 30.6 Å². The summed E-state index contributed by atoms with van der Waals surface area (Å²) in [7, 11) is 0. The number of hydrogen-bond donors (Lipinski definition) is 2. The Hall–Kier alpha value is -1.70. The van der Waals surface area contributed by atoms with Gasteiger partial charge in [-0.3, -0.25) is 10.1 Å². The fraction of sp³-hybridized carbons (Fsp3) is 0.714. The Bertz CT molecular complexity index is 555. The fourth-order valence-corrected chi connectivity index (χ4v) is 4.05. The molecule has 22 heavy (non-hydrogen) atoms. The molecule has 1 saturated carbocycles. The van der Waals surface area contributed by atoms with Crippen molar-refractivity contribution < 1.29 is 9.59 Å².